The fraction of sp³-hybridized carbons (Fsp3) is 0.364. The van der Waals surface area contributed by atoms with Crippen molar-refractivity contribution in [1.29, 1.82) is 0 Å². The predicted octanol–water partition coefficient (Wildman–Crippen LogP) is 1.49. The number of ether oxygens (including phenoxy) is 1. The molecule has 0 aliphatic carbocycles. The van der Waals surface area contributed by atoms with Gasteiger partial charge in [0, 0.05) is 0 Å². The zero-order valence-electron chi connectivity index (χ0n) is 9.54. The van der Waals surface area contributed by atoms with Crippen LogP contribution in [-0.4, -0.2) is 31.0 Å². The largest absolute Gasteiger partial charge is 0.475 e. The van der Waals surface area contributed by atoms with Crippen LogP contribution in [0.2, 0.25) is 0 Å². The van der Waals surface area contributed by atoms with Crippen molar-refractivity contribution in [1.82, 2.24) is 0 Å². The van der Waals surface area contributed by atoms with E-state index in [0.29, 0.717) is 12.2 Å². The van der Waals surface area contributed by atoms with Crippen molar-refractivity contribution in [3.05, 3.63) is 29.8 Å². The van der Waals surface area contributed by atoms with Crippen LogP contribution < -0.4 is 0 Å². The van der Waals surface area contributed by atoms with Crippen LogP contribution in [0.25, 0.3) is 0 Å². The third-order valence-corrected chi connectivity index (χ3v) is 3.27. The van der Waals surface area contributed by atoms with Gasteiger partial charge in [-0.3, -0.25) is 4.55 Å². The lowest BCUT2D eigenvalue weighted by Gasteiger charge is -2.07. The van der Waals surface area contributed by atoms with Crippen LogP contribution in [0, 0.1) is 0 Å². The Morgan fingerprint density at radius 3 is 2.53 bits per heavy atom. The van der Waals surface area contributed by atoms with E-state index in [0.717, 1.165) is 0 Å². The van der Waals surface area contributed by atoms with Crippen LogP contribution in [0.15, 0.2) is 34.2 Å². The van der Waals surface area contributed by atoms with E-state index in [1.165, 1.54) is 12.1 Å². The maximum absolute atomic E-state index is 11.2. The third-order valence-electron chi connectivity index (χ3n) is 2.36. The second-order valence-electron chi connectivity index (χ2n) is 4.49. The molecule has 0 radical (unpaired) electrons. The monoisotopic (exact) mass is 255 g/mol. The number of hydrogen-bond donors (Lipinski definition) is 1. The number of aliphatic imine (C=N–C) groups is 1. The average Bonchev–Trinajstić information content (AvgIpc) is 2.58. The number of benzene rings is 1. The van der Waals surface area contributed by atoms with Gasteiger partial charge in [-0.25, -0.2) is 4.99 Å². The molecule has 17 heavy (non-hydrogen) atoms. The summed E-state index contributed by atoms with van der Waals surface area (Å²) in [4.78, 5) is 4.10. The van der Waals surface area contributed by atoms with Crippen molar-refractivity contribution in [2.75, 3.05) is 6.61 Å². The summed E-state index contributed by atoms with van der Waals surface area (Å²) in [6, 6.07) is 6.08. The Morgan fingerprint density at radius 2 is 2.00 bits per heavy atom. The number of nitrogens with zero attached hydrogens (tertiary/aromatic N) is 1. The quantitative estimate of drug-likeness (QED) is 0.812. The molecule has 0 unspecified atom stereocenters. The van der Waals surface area contributed by atoms with Gasteiger partial charge in [0.15, 0.2) is 0 Å². The normalized spacial score (nSPS) is 18.6. The van der Waals surface area contributed by atoms with E-state index in [9.17, 15) is 8.42 Å². The Labute approximate surface area is 99.9 Å². The van der Waals surface area contributed by atoms with Gasteiger partial charge in [-0.15, -0.1) is 0 Å². The molecule has 1 aliphatic heterocycles. The van der Waals surface area contributed by atoms with Crippen LogP contribution in [-0.2, 0) is 14.9 Å². The molecule has 0 atom stereocenters. The highest BCUT2D eigenvalue weighted by atomic mass is 32.2. The summed E-state index contributed by atoms with van der Waals surface area (Å²) in [5.74, 6) is 0.253. The summed E-state index contributed by atoms with van der Waals surface area (Å²) >= 11 is 0. The Hall–Kier alpha value is -1.40. The van der Waals surface area contributed by atoms with Crippen molar-refractivity contribution < 1.29 is 17.7 Å². The molecule has 1 aromatic carbocycles. The van der Waals surface area contributed by atoms with E-state index < -0.39 is 10.1 Å². The minimum absolute atomic E-state index is 0.184. The van der Waals surface area contributed by atoms with Gasteiger partial charge in [0.25, 0.3) is 10.1 Å². The van der Waals surface area contributed by atoms with E-state index in [4.69, 9.17) is 9.29 Å². The molecule has 0 saturated carbocycles. The summed E-state index contributed by atoms with van der Waals surface area (Å²) < 4.78 is 36.9. The smallest absolute Gasteiger partial charge is 0.295 e. The molecule has 92 valence electrons. The van der Waals surface area contributed by atoms with Crippen LogP contribution >= 0.6 is 0 Å². The molecule has 0 spiro atoms. The van der Waals surface area contributed by atoms with Crippen LogP contribution in [0.4, 0.5) is 0 Å². The fourth-order valence-corrected chi connectivity index (χ4v) is 2.27. The second-order valence-corrected chi connectivity index (χ2v) is 5.88. The predicted molar refractivity (Wildman–Crippen MR) is 62.8 cm³/mol. The minimum atomic E-state index is -4.27. The topological polar surface area (TPSA) is 76.0 Å². The zero-order chi connectivity index (χ0) is 12.7. The second kappa shape index (κ2) is 3.82. The van der Waals surface area contributed by atoms with E-state index >= 15 is 0 Å². The van der Waals surface area contributed by atoms with Gasteiger partial charge < -0.3 is 4.74 Å². The highest BCUT2D eigenvalue weighted by Crippen LogP contribution is 2.24. The zero-order valence-corrected chi connectivity index (χ0v) is 10.4. The Morgan fingerprint density at radius 1 is 1.35 bits per heavy atom. The summed E-state index contributed by atoms with van der Waals surface area (Å²) in [5, 5.41) is 0. The van der Waals surface area contributed by atoms with Gasteiger partial charge in [-0.2, -0.15) is 8.42 Å². The summed E-state index contributed by atoms with van der Waals surface area (Å²) in [6.07, 6.45) is 0. The molecule has 1 heterocycles. The first kappa shape index (κ1) is 12.1. The standard InChI is InChI=1S/C11H13NO4S/c1-11(2)7-16-10(12-11)8-5-3-4-6-9(8)17(13,14)15/h3-6H,7H2,1-2H3,(H,13,14,15). The van der Waals surface area contributed by atoms with Crippen molar-refractivity contribution in [2.45, 2.75) is 24.3 Å². The lowest BCUT2D eigenvalue weighted by atomic mass is 10.1. The SMILES string of the molecule is CC1(C)COC(c2ccccc2S(=O)(=O)O)=N1. The van der Waals surface area contributed by atoms with Crippen molar-refractivity contribution >= 4 is 16.0 Å². The maximum Gasteiger partial charge on any atom is 0.295 e. The maximum atomic E-state index is 11.2. The highest BCUT2D eigenvalue weighted by molar-refractivity contribution is 7.86. The minimum Gasteiger partial charge on any atom is -0.475 e. The molecule has 6 heteroatoms. The molecule has 0 fully saturated rings. The van der Waals surface area contributed by atoms with Gasteiger partial charge in [-0.05, 0) is 26.0 Å². The number of hydrogen-bond acceptors (Lipinski definition) is 4. The first-order chi connectivity index (χ1) is 7.80. The summed E-state index contributed by atoms with van der Waals surface area (Å²) in [7, 11) is -4.27. The molecular weight excluding hydrogens is 242 g/mol. The Balaban J connectivity index is 2.55. The van der Waals surface area contributed by atoms with Gasteiger partial charge in [0.1, 0.15) is 11.5 Å². The summed E-state index contributed by atoms with van der Waals surface area (Å²) in [6.45, 7) is 4.16. The highest BCUT2D eigenvalue weighted by Gasteiger charge is 2.29. The van der Waals surface area contributed by atoms with Crippen molar-refractivity contribution in [3.8, 4) is 0 Å². The molecule has 1 aliphatic rings. The first-order valence-corrected chi connectivity index (χ1v) is 6.53. The van der Waals surface area contributed by atoms with E-state index in [1.807, 2.05) is 13.8 Å². The molecule has 1 N–H and O–H groups in total. The van der Waals surface area contributed by atoms with E-state index in [2.05, 4.69) is 4.99 Å². The Kier molecular flexibility index (Phi) is 2.71. The lowest BCUT2D eigenvalue weighted by Crippen LogP contribution is -2.17. The average molecular weight is 255 g/mol. The molecule has 0 saturated heterocycles. The molecule has 0 bridgehead atoms. The summed E-state index contributed by atoms with van der Waals surface area (Å²) in [5.41, 5.74) is -0.0812. The molecule has 0 amide bonds. The third kappa shape index (κ3) is 2.48. The van der Waals surface area contributed by atoms with Crippen LogP contribution in [0.1, 0.15) is 19.4 Å². The first-order valence-electron chi connectivity index (χ1n) is 5.09. The molecule has 5 nitrogen and oxygen atoms in total. The molecule has 0 aromatic heterocycles. The van der Waals surface area contributed by atoms with Gasteiger partial charge >= 0.3 is 0 Å². The van der Waals surface area contributed by atoms with E-state index in [-0.39, 0.29) is 16.3 Å². The van der Waals surface area contributed by atoms with Crippen molar-refractivity contribution in [2.24, 2.45) is 4.99 Å². The fourth-order valence-electron chi connectivity index (χ4n) is 1.59. The van der Waals surface area contributed by atoms with Gasteiger partial charge in [-0.1, -0.05) is 12.1 Å². The van der Waals surface area contributed by atoms with E-state index in [1.54, 1.807) is 12.1 Å². The van der Waals surface area contributed by atoms with Gasteiger partial charge in [0.2, 0.25) is 5.90 Å². The molecule has 2 rings (SSSR count). The molecule has 1 aromatic rings. The van der Waals surface area contributed by atoms with Crippen molar-refractivity contribution in [3.63, 3.8) is 0 Å². The van der Waals surface area contributed by atoms with Gasteiger partial charge in [0.05, 0.1) is 11.1 Å². The molecular formula is C11H13NO4S. The van der Waals surface area contributed by atoms with Crippen LogP contribution in [0.3, 0.4) is 0 Å². The Bertz CT molecular complexity index is 575. The van der Waals surface area contributed by atoms with Crippen LogP contribution in [0.5, 0.6) is 0 Å². The lowest BCUT2D eigenvalue weighted by molar-refractivity contribution is 0.279. The number of rotatable bonds is 2.